The van der Waals surface area contributed by atoms with Gasteiger partial charge in [-0.3, -0.25) is 0 Å². The van der Waals surface area contributed by atoms with Gasteiger partial charge in [0.25, 0.3) is 0 Å². The standard InChI is InChI=1S/C10H14N2.Li/c1-4-8-12(9-5-1)10-6-2-3-7-11-10;/h2-3,6-7H,1,4-5,8-9H2;. The molecule has 2 heterocycles. The number of rotatable bonds is 1. The van der Waals surface area contributed by atoms with Gasteiger partial charge in [0.2, 0.25) is 0 Å². The monoisotopic (exact) mass is 169 g/mol. The van der Waals surface area contributed by atoms with Gasteiger partial charge in [-0.15, -0.1) is 0 Å². The molecule has 0 N–H and O–H groups in total. The molecule has 1 radical (unpaired) electrons. The first-order chi connectivity index (χ1) is 5.97. The summed E-state index contributed by atoms with van der Waals surface area (Å²) in [6, 6.07) is 6.11. The molecule has 1 fully saturated rings. The third kappa shape index (κ3) is 2.75. The van der Waals surface area contributed by atoms with Crippen LogP contribution in [0.1, 0.15) is 19.3 Å². The second-order valence-electron chi connectivity index (χ2n) is 3.24. The molecule has 65 valence electrons. The first-order valence-corrected chi connectivity index (χ1v) is 4.63. The normalized spacial score (nSPS) is 16.5. The summed E-state index contributed by atoms with van der Waals surface area (Å²) >= 11 is 0. The minimum atomic E-state index is 0. The van der Waals surface area contributed by atoms with E-state index in [4.69, 9.17) is 0 Å². The van der Waals surface area contributed by atoms with E-state index in [-0.39, 0.29) is 18.9 Å². The van der Waals surface area contributed by atoms with Crippen molar-refractivity contribution in [2.45, 2.75) is 19.3 Å². The molecule has 0 bridgehead atoms. The van der Waals surface area contributed by atoms with Gasteiger partial charge in [-0.25, -0.2) is 4.98 Å². The number of pyridine rings is 1. The van der Waals surface area contributed by atoms with Crippen LogP contribution in [0.4, 0.5) is 5.82 Å². The maximum atomic E-state index is 4.33. The zero-order valence-corrected chi connectivity index (χ0v) is 8.24. The molecule has 1 aromatic rings. The molecule has 0 amide bonds. The van der Waals surface area contributed by atoms with E-state index in [1.807, 2.05) is 12.3 Å². The summed E-state index contributed by atoms with van der Waals surface area (Å²) in [7, 11) is 0. The van der Waals surface area contributed by atoms with Crippen LogP contribution < -0.4 is 4.90 Å². The Kier molecular flexibility index (Phi) is 4.34. The molecule has 0 aliphatic carbocycles. The Morgan fingerprint density at radius 3 is 2.46 bits per heavy atom. The molecule has 2 nitrogen and oxygen atoms in total. The fraction of sp³-hybridized carbons (Fsp3) is 0.500. The van der Waals surface area contributed by atoms with Crippen LogP contribution in [-0.4, -0.2) is 36.9 Å². The molecule has 1 aliphatic heterocycles. The number of aromatic nitrogens is 1. The van der Waals surface area contributed by atoms with Crippen LogP contribution in [0.15, 0.2) is 24.4 Å². The van der Waals surface area contributed by atoms with E-state index in [2.05, 4.69) is 22.0 Å². The Bertz CT molecular complexity index is 232. The number of anilines is 1. The molecule has 0 atom stereocenters. The van der Waals surface area contributed by atoms with Gasteiger partial charge in [-0.2, -0.15) is 0 Å². The molecule has 0 aromatic carbocycles. The molecular formula is C10H14LiN2. The summed E-state index contributed by atoms with van der Waals surface area (Å²) in [5.41, 5.74) is 0. The van der Waals surface area contributed by atoms with Crippen LogP contribution in [0.5, 0.6) is 0 Å². The fourth-order valence-corrected chi connectivity index (χ4v) is 1.66. The van der Waals surface area contributed by atoms with Crippen molar-refractivity contribution in [3.8, 4) is 0 Å². The smallest absolute Gasteiger partial charge is 0.128 e. The Balaban J connectivity index is 0.000000845. The second-order valence-corrected chi connectivity index (χ2v) is 3.24. The van der Waals surface area contributed by atoms with E-state index in [0.717, 1.165) is 5.82 Å². The minimum absolute atomic E-state index is 0. The SMILES string of the molecule is [Li].c1ccc(N2CCCCC2)nc1. The maximum absolute atomic E-state index is 4.33. The van der Waals surface area contributed by atoms with Crippen molar-refractivity contribution in [2.24, 2.45) is 0 Å². The summed E-state index contributed by atoms with van der Waals surface area (Å²) in [5, 5.41) is 0. The van der Waals surface area contributed by atoms with Crippen molar-refractivity contribution >= 4 is 24.7 Å². The van der Waals surface area contributed by atoms with Crippen molar-refractivity contribution in [2.75, 3.05) is 18.0 Å². The van der Waals surface area contributed by atoms with E-state index in [9.17, 15) is 0 Å². The molecule has 0 saturated carbocycles. The van der Waals surface area contributed by atoms with Crippen LogP contribution in [-0.2, 0) is 0 Å². The Morgan fingerprint density at radius 1 is 1.08 bits per heavy atom. The van der Waals surface area contributed by atoms with Gasteiger partial charge in [-0.05, 0) is 31.4 Å². The molecule has 1 aromatic heterocycles. The largest absolute Gasteiger partial charge is 0.357 e. The summed E-state index contributed by atoms with van der Waals surface area (Å²) in [6.45, 7) is 2.36. The number of hydrogen-bond donors (Lipinski definition) is 0. The van der Waals surface area contributed by atoms with E-state index < -0.39 is 0 Å². The van der Waals surface area contributed by atoms with Crippen molar-refractivity contribution in [1.29, 1.82) is 0 Å². The molecular weight excluding hydrogens is 155 g/mol. The third-order valence-electron chi connectivity index (χ3n) is 2.33. The van der Waals surface area contributed by atoms with Crippen molar-refractivity contribution in [3.05, 3.63) is 24.4 Å². The topological polar surface area (TPSA) is 16.1 Å². The van der Waals surface area contributed by atoms with Gasteiger partial charge in [0.15, 0.2) is 0 Å². The second kappa shape index (κ2) is 5.31. The average Bonchev–Trinajstić information content (AvgIpc) is 2.21. The Hall–Kier alpha value is -0.453. The Morgan fingerprint density at radius 2 is 1.85 bits per heavy atom. The van der Waals surface area contributed by atoms with Crippen LogP contribution >= 0.6 is 0 Å². The van der Waals surface area contributed by atoms with E-state index >= 15 is 0 Å². The molecule has 1 aliphatic rings. The van der Waals surface area contributed by atoms with Gasteiger partial charge in [0.1, 0.15) is 5.82 Å². The summed E-state index contributed by atoms with van der Waals surface area (Å²) < 4.78 is 0. The van der Waals surface area contributed by atoms with Crippen molar-refractivity contribution in [3.63, 3.8) is 0 Å². The predicted octanol–water partition coefficient (Wildman–Crippen LogP) is 1.69. The quantitative estimate of drug-likeness (QED) is 0.595. The van der Waals surface area contributed by atoms with Crippen LogP contribution in [0.2, 0.25) is 0 Å². The molecule has 2 rings (SSSR count). The number of nitrogens with zero attached hydrogens (tertiary/aromatic N) is 2. The van der Waals surface area contributed by atoms with Gasteiger partial charge in [0, 0.05) is 38.1 Å². The van der Waals surface area contributed by atoms with Gasteiger partial charge in [-0.1, -0.05) is 6.07 Å². The number of piperidine rings is 1. The van der Waals surface area contributed by atoms with Crippen LogP contribution in [0.25, 0.3) is 0 Å². The average molecular weight is 169 g/mol. The zero-order chi connectivity index (χ0) is 8.23. The van der Waals surface area contributed by atoms with Crippen LogP contribution in [0.3, 0.4) is 0 Å². The molecule has 1 saturated heterocycles. The van der Waals surface area contributed by atoms with Crippen molar-refractivity contribution in [1.82, 2.24) is 4.98 Å². The molecule has 0 spiro atoms. The zero-order valence-electron chi connectivity index (χ0n) is 8.24. The minimum Gasteiger partial charge on any atom is -0.357 e. The van der Waals surface area contributed by atoms with Gasteiger partial charge < -0.3 is 4.90 Å². The van der Waals surface area contributed by atoms with Gasteiger partial charge in [0.05, 0.1) is 0 Å². The van der Waals surface area contributed by atoms with E-state index in [0.29, 0.717) is 0 Å². The van der Waals surface area contributed by atoms with Crippen LogP contribution in [0, 0.1) is 0 Å². The maximum Gasteiger partial charge on any atom is 0.128 e. The summed E-state index contributed by atoms with van der Waals surface area (Å²) in [4.78, 5) is 6.69. The molecule has 0 unspecified atom stereocenters. The fourth-order valence-electron chi connectivity index (χ4n) is 1.66. The molecule has 13 heavy (non-hydrogen) atoms. The number of hydrogen-bond acceptors (Lipinski definition) is 2. The van der Waals surface area contributed by atoms with Gasteiger partial charge >= 0.3 is 0 Å². The van der Waals surface area contributed by atoms with E-state index in [1.54, 1.807) is 0 Å². The summed E-state index contributed by atoms with van der Waals surface area (Å²) in [6.07, 6.45) is 5.88. The van der Waals surface area contributed by atoms with Crippen molar-refractivity contribution < 1.29 is 0 Å². The van der Waals surface area contributed by atoms with E-state index in [1.165, 1.54) is 32.4 Å². The first kappa shape index (κ1) is 10.6. The summed E-state index contributed by atoms with van der Waals surface area (Å²) in [5.74, 6) is 1.14. The first-order valence-electron chi connectivity index (χ1n) is 4.63. The predicted molar refractivity (Wildman–Crippen MR) is 56.1 cm³/mol. The third-order valence-corrected chi connectivity index (χ3v) is 2.33. The molecule has 3 heteroatoms. The Labute approximate surface area is 91.5 Å².